The maximum absolute atomic E-state index is 12.9. The van der Waals surface area contributed by atoms with E-state index in [0.717, 1.165) is 12.1 Å². The zero-order valence-electron chi connectivity index (χ0n) is 13.7. The number of ether oxygens (including phenoxy) is 1. The van der Waals surface area contributed by atoms with Crippen LogP contribution in [0.1, 0.15) is 23.1 Å². The predicted octanol–water partition coefficient (Wildman–Crippen LogP) is 4.57. The van der Waals surface area contributed by atoms with E-state index in [4.69, 9.17) is 4.74 Å². The summed E-state index contributed by atoms with van der Waals surface area (Å²) in [5, 5.41) is 3.41. The molecule has 0 bridgehead atoms. The number of carbonyl (C=O) groups excluding carboxylic acids is 1. The summed E-state index contributed by atoms with van der Waals surface area (Å²) < 4.78 is 43.6. The van der Waals surface area contributed by atoms with E-state index in [1.165, 1.54) is 12.1 Å². The molecule has 134 valence electrons. The van der Waals surface area contributed by atoms with Crippen molar-refractivity contribution in [3.05, 3.63) is 59.9 Å². The number of carbonyl (C=O) groups is 1. The van der Waals surface area contributed by atoms with Crippen molar-refractivity contribution in [1.82, 2.24) is 9.97 Å². The number of nitrogens with zero attached hydrogens (tertiary/aromatic N) is 2. The maximum Gasteiger partial charge on any atom is 0.416 e. The van der Waals surface area contributed by atoms with Gasteiger partial charge < -0.3 is 10.1 Å². The zero-order chi connectivity index (χ0) is 18.7. The molecule has 2 aromatic carbocycles. The van der Waals surface area contributed by atoms with E-state index >= 15 is 0 Å². The van der Waals surface area contributed by atoms with Gasteiger partial charge in [-0.2, -0.15) is 13.2 Å². The van der Waals surface area contributed by atoms with Crippen LogP contribution in [0.4, 0.5) is 24.7 Å². The number of benzene rings is 2. The van der Waals surface area contributed by atoms with E-state index in [1.807, 2.05) is 0 Å². The van der Waals surface area contributed by atoms with E-state index in [9.17, 15) is 18.0 Å². The second-order valence-electron chi connectivity index (χ2n) is 5.34. The molecule has 0 fully saturated rings. The number of halogens is 3. The van der Waals surface area contributed by atoms with Gasteiger partial charge in [-0.05, 0) is 37.3 Å². The molecule has 0 aliphatic rings. The average Bonchev–Trinajstić information content (AvgIpc) is 2.61. The first-order valence-corrected chi connectivity index (χ1v) is 7.76. The maximum atomic E-state index is 12.9. The average molecular weight is 361 g/mol. The van der Waals surface area contributed by atoms with Crippen LogP contribution < -0.4 is 5.32 Å². The Labute approximate surface area is 146 Å². The van der Waals surface area contributed by atoms with Gasteiger partial charge in [0.15, 0.2) is 0 Å². The van der Waals surface area contributed by atoms with E-state index in [-0.39, 0.29) is 23.9 Å². The molecule has 0 aliphatic heterocycles. The van der Waals surface area contributed by atoms with Crippen molar-refractivity contribution in [1.29, 1.82) is 0 Å². The first-order chi connectivity index (χ1) is 12.4. The predicted molar refractivity (Wildman–Crippen MR) is 90.2 cm³/mol. The molecule has 1 N–H and O–H groups in total. The molecular weight excluding hydrogens is 347 g/mol. The molecule has 5 nitrogen and oxygen atoms in total. The lowest BCUT2D eigenvalue weighted by molar-refractivity contribution is -0.137. The van der Waals surface area contributed by atoms with Crippen molar-refractivity contribution in [3.63, 3.8) is 0 Å². The minimum atomic E-state index is -4.46. The molecule has 26 heavy (non-hydrogen) atoms. The number of hydrogen-bond acceptors (Lipinski definition) is 5. The lowest BCUT2D eigenvalue weighted by atomic mass is 10.2. The topological polar surface area (TPSA) is 64.1 Å². The number of aromatic nitrogens is 2. The van der Waals surface area contributed by atoms with Crippen molar-refractivity contribution in [2.24, 2.45) is 0 Å². The number of nitrogens with one attached hydrogen (secondary N) is 1. The third kappa shape index (κ3) is 3.74. The number of hydrogen-bond donors (Lipinski definition) is 1. The Balaban J connectivity index is 2.05. The van der Waals surface area contributed by atoms with E-state index in [0.29, 0.717) is 10.9 Å². The number of alkyl halides is 3. The zero-order valence-corrected chi connectivity index (χ0v) is 13.7. The van der Waals surface area contributed by atoms with Crippen LogP contribution >= 0.6 is 0 Å². The van der Waals surface area contributed by atoms with Crippen LogP contribution in [0.15, 0.2) is 48.5 Å². The van der Waals surface area contributed by atoms with Crippen molar-refractivity contribution in [2.45, 2.75) is 13.1 Å². The minimum Gasteiger partial charge on any atom is -0.460 e. The first kappa shape index (κ1) is 17.7. The third-order valence-electron chi connectivity index (χ3n) is 3.51. The molecule has 0 unspecified atom stereocenters. The van der Waals surface area contributed by atoms with Gasteiger partial charge in [-0.3, -0.25) is 0 Å². The van der Waals surface area contributed by atoms with Crippen LogP contribution in [0.3, 0.4) is 0 Å². The Morgan fingerprint density at radius 2 is 1.88 bits per heavy atom. The number of rotatable bonds is 4. The molecule has 0 saturated heterocycles. The largest absolute Gasteiger partial charge is 0.460 e. The van der Waals surface area contributed by atoms with Gasteiger partial charge in [0.05, 0.1) is 17.7 Å². The van der Waals surface area contributed by atoms with Gasteiger partial charge in [0.25, 0.3) is 0 Å². The molecule has 3 rings (SSSR count). The number of esters is 1. The van der Waals surface area contributed by atoms with Gasteiger partial charge in [-0.15, -0.1) is 0 Å². The molecule has 0 amide bonds. The minimum absolute atomic E-state index is 0.158. The lowest BCUT2D eigenvalue weighted by Crippen LogP contribution is -2.11. The van der Waals surface area contributed by atoms with Crippen LogP contribution in [0.2, 0.25) is 0 Å². The smallest absolute Gasteiger partial charge is 0.416 e. The second kappa shape index (κ2) is 6.99. The standard InChI is InChI=1S/C18H14F3N3O2/c1-2-26-17(25)16-23-14-9-4-3-8-13(14)15(24-16)22-12-7-5-6-11(10-12)18(19,20)21/h3-10H,2H2,1H3,(H,22,23,24). The summed E-state index contributed by atoms with van der Waals surface area (Å²) in [6.45, 7) is 1.81. The summed E-state index contributed by atoms with van der Waals surface area (Å²) in [5.41, 5.74) is -0.120. The summed E-state index contributed by atoms with van der Waals surface area (Å²) in [6, 6.07) is 11.6. The van der Waals surface area contributed by atoms with Crippen molar-refractivity contribution in [3.8, 4) is 0 Å². The molecule has 0 atom stereocenters. The summed E-state index contributed by atoms with van der Waals surface area (Å²) in [7, 11) is 0. The van der Waals surface area contributed by atoms with E-state index in [1.54, 1.807) is 31.2 Å². The quantitative estimate of drug-likeness (QED) is 0.690. The first-order valence-electron chi connectivity index (χ1n) is 7.76. The highest BCUT2D eigenvalue weighted by Gasteiger charge is 2.30. The Morgan fingerprint density at radius 3 is 2.62 bits per heavy atom. The molecule has 1 heterocycles. The Hall–Kier alpha value is -3.16. The second-order valence-corrected chi connectivity index (χ2v) is 5.34. The summed E-state index contributed by atoms with van der Waals surface area (Å²) in [5.74, 6) is -0.650. The molecular formula is C18H14F3N3O2. The molecule has 0 saturated carbocycles. The highest BCUT2D eigenvalue weighted by molar-refractivity contribution is 5.95. The highest BCUT2D eigenvalue weighted by atomic mass is 19.4. The van der Waals surface area contributed by atoms with Crippen molar-refractivity contribution >= 4 is 28.4 Å². The fourth-order valence-electron chi connectivity index (χ4n) is 2.37. The Kier molecular flexibility index (Phi) is 4.75. The van der Waals surface area contributed by atoms with Gasteiger partial charge in [0.2, 0.25) is 5.82 Å². The van der Waals surface area contributed by atoms with Crippen LogP contribution in [0, 0.1) is 0 Å². The van der Waals surface area contributed by atoms with Crippen molar-refractivity contribution in [2.75, 3.05) is 11.9 Å². The van der Waals surface area contributed by atoms with Gasteiger partial charge in [0.1, 0.15) is 5.82 Å². The normalized spacial score (nSPS) is 11.4. The number of fused-ring (bicyclic) bond motifs is 1. The third-order valence-corrected chi connectivity index (χ3v) is 3.51. The van der Waals surface area contributed by atoms with Gasteiger partial charge in [-0.25, -0.2) is 14.8 Å². The molecule has 0 aliphatic carbocycles. The fourth-order valence-corrected chi connectivity index (χ4v) is 2.37. The van der Waals surface area contributed by atoms with Crippen LogP contribution in [0.5, 0.6) is 0 Å². The lowest BCUT2D eigenvalue weighted by Gasteiger charge is -2.12. The molecule has 0 spiro atoms. The van der Waals surface area contributed by atoms with Crippen LogP contribution in [0.25, 0.3) is 10.9 Å². The highest BCUT2D eigenvalue weighted by Crippen LogP contribution is 2.32. The summed E-state index contributed by atoms with van der Waals surface area (Å²) in [6.07, 6.45) is -4.46. The van der Waals surface area contributed by atoms with Crippen LogP contribution in [-0.2, 0) is 10.9 Å². The SMILES string of the molecule is CCOC(=O)c1nc(Nc2cccc(C(F)(F)F)c2)c2ccccc2n1. The molecule has 0 radical (unpaired) electrons. The van der Waals surface area contributed by atoms with Crippen LogP contribution in [-0.4, -0.2) is 22.5 Å². The van der Waals surface area contributed by atoms with Gasteiger partial charge in [0, 0.05) is 11.1 Å². The summed E-state index contributed by atoms with van der Waals surface area (Å²) >= 11 is 0. The van der Waals surface area contributed by atoms with E-state index in [2.05, 4.69) is 15.3 Å². The van der Waals surface area contributed by atoms with Gasteiger partial charge >= 0.3 is 12.1 Å². The summed E-state index contributed by atoms with van der Waals surface area (Å²) in [4.78, 5) is 20.2. The monoisotopic (exact) mass is 361 g/mol. The molecule has 1 aromatic heterocycles. The van der Waals surface area contributed by atoms with E-state index < -0.39 is 17.7 Å². The Bertz CT molecular complexity index is 958. The molecule has 8 heteroatoms. The number of anilines is 2. The molecule has 3 aromatic rings. The van der Waals surface area contributed by atoms with Gasteiger partial charge in [-0.1, -0.05) is 18.2 Å². The fraction of sp³-hybridized carbons (Fsp3) is 0.167. The van der Waals surface area contributed by atoms with Crippen molar-refractivity contribution < 1.29 is 22.7 Å². The Morgan fingerprint density at radius 1 is 1.12 bits per heavy atom. The number of para-hydroxylation sites is 1.